The van der Waals surface area contributed by atoms with Crippen LogP contribution in [0.2, 0.25) is 0 Å². The number of nitrogens with one attached hydrogen (secondary N) is 1. The van der Waals surface area contributed by atoms with Gasteiger partial charge in [-0.25, -0.2) is 9.97 Å². The van der Waals surface area contributed by atoms with Gasteiger partial charge in [-0.3, -0.25) is 0 Å². The number of hydrogen-bond acceptors (Lipinski definition) is 5. The quantitative estimate of drug-likeness (QED) is 0.882. The summed E-state index contributed by atoms with van der Waals surface area (Å²) < 4.78 is 20.3. The van der Waals surface area contributed by atoms with Crippen molar-refractivity contribution >= 4 is 5.95 Å². The first-order valence-corrected chi connectivity index (χ1v) is 6.90. The standard InChI is InChI=1S/C14H18FN5O/c1-10-16-5-6-20(10)9-14(3-4-14)8-18-13-17-7-11(15)12(19-13)21-2/h5-7H,3-4,8-9H2,1-2H3,(H,17,18,19). The number of anilines is 1. The lowest BCUT2D eigenvalue weighted by Crippen LogP contribution is -2.22. The number of rotatable bonds is 6. The molecule has 1 aliphatic rings. The molecule has 0 unspecified atom stereocenters. The van der Waals surface area contributed by atoms with Crippen molar-refractivity contribution in [2.24, 2.45) is 5.41 Å². The van der Waals surface area contributed by atoms with Gasteiger partial charge < -0.3 is 14.6 Å². The molecular weight excluding hydrogens is 273 g/mol. The second-order valence-corrected chi connectivity index (χ2v) is 5.51. The van der Waals surface area contributed by atoms with E-state index in [1.807, 2.05) is 19.3 Å². The molecule has 2 aromatic rings. The molecule has 0 radical (unpaired) electrons. The Balaban J connectivity index is 1.63. The molecule has 3 rings (SSSR count). The monoisotopic (exact) mass is 291 g/mol. The molecular formula is C14H18FN5O. The molecule has 2 heterocycles. The van der Waals surface area contributed by atoms with Crippen molar-refractivity contribution in [3.05, 3.63) is 30.2 Å². The number of ether oxygens (including phenoxy) is 1. The SMILES string of the molecule is COc1nc(NCC2(Cn3ccnc3C)CC2)ncc1F. The van der Waals surface area contributed by atoms with Crippen LogP contribution in [-0.4, -0.2) is 33.2 Å². The zero-order valence-electron chi connectivity index (χ0n) is 12.1. The molecule has 0 aliphatic heterocycles. The Hall–Kier alpha value is -2.18. The molecule has 1 saturated carbocycles. The van der Waals surface area contributed by atoms with Crippen molar-refractivity contribution in [3.8, 4) is 5.88 Å². The summed E-state index contributed by atoms with van der Waals surface area (Å²) in [7, 11) is 1.39. The lowest BCUT2D eigenvalue weighted by molar-refractivity contribution is 0.367. The van der Waals surface area contributed by atoms with E-state index in [4.69, 9.17) is 4.74 Å². The van der Waals surface area contributed by atoms with Crippen LogP contribution >= 0.6 is 0 Å². The summed E-state index contributed by atoms with van der Waals surface area (Å²) in [5, 5.41) is 3.18. The normalized spacial score (nSPS) is 15.8. The maximum Gasteiger partial charge on any atom is 0.255 e. The van der Waals surface area contributed by atoms with Gasteiger partial charge in [-0.1, -0.05) is 0 Å². The third-order valence-corrected chi connectivity index (χ3v) is 3.91. The fraction of sp³-hybridized carbons (Fsp3) is 0.500. The Kier molecular flexibility index (Phi) is 3.48. The second-order valence-electron chi connectivity index (χ2n) is 5.51. The van der Waals surface area contributed by atoms with Crippen molar-refractivity contribution in [2.75, 3.05) is 19.0 Å². The molecule has 1 aliphatic carbocycles. The van der Waals surface area contributed by atoms with Crippen molar-refractivity contribution in [1.29, 1.82) is 0 Å². The summed E-state index contributed by atoms with van der Waals surface area (Å²) in [5.41, 5.74) is 0.205. The van der Waals surface area contributed by atoms with E-state index in [2.05, 4.69) is 24.8 Å². The minimum Gasteiger partial charge on any atom is -0.479 e. The number of nitrogens with zero attached hydrogens (tertiary/aromatic N) is 4. The molecule has 0 aromatic carbocycles. The third kappa shape index (κ3) is 2.96. The number of aryl methyl sites for hydroxylation is 1. The van der Waals surface area contributed by atoms with Crippen molar-refractivity contribution in [1.82, 2.24) is 19.5 Å². The van der Waals surface area contributed by atoms with E-state index >= 15 is 0 Å². The number of imidazole rings is 1. The molecule has 0 saturated heterocycles. The van der Waals surface area contributed by atoms with Crippen LogP contribution < -0.4 is 10.1 Å². The molecule has 1 N–H and O–H groups in total. The first-order valence-electron chi connectivity index (χ1n) is 6.90. The highest BCUT2D eigenvalue weighted by atomic mass is 19.1. The number of halogens is 1. The van der Waals surface area contributed by atoms with Crippen LogP contribution in [0.25, 0.3) is 0 Å². The summed E-state index contributed by atoms with van der Waals surface area (Å²) in [6.07, 6.45) is 7.22. The molecule has 0 spiro atoms. The van der Waals surface area contributed by atoms with E-state index in [-0.39, 0.29) is 11.3 Å². The van der Waals surface area contributed by atoms with Crippen molar-refractivity contribution in [3.63, 3.8) is 0 Å². The Bertz CT molecular complexity index is 638. The van der Waals surface area contributed by atoms with Gasteiger partial charge >= 0.3 is 0 Å². The molecule has 0 bridgehead atoms. The van der Waals surface area contributed by atoms with Crippen LogP contribution in [0, 0.1) is 18.2 Å². The Morgan fingerprint density at radius 1 is 1.43 bits per heavy atom. The van der Waals surface area contributed by atoms with Crippen LogP contribution in [0.1, 0.15) is 18.7 Å². The molecule has 6 nitrogen and oxygen atoms in total. The van der Waals surface area contributed by atoms with Gasteiger partial charge in [0.1, 0.15) is 5.82 Å². The first-order chi connectivity index (χ1) is 10.1. The summed E-state index contributed by atoms with van der Waals surface area (Å²) in [5.74, 6) is 0.809. The Morgan fingerprint density at radius 2 is 2.24 bits per heavy atom. The van der Waals surface area contributed by atoms with E-state index in [1.54, 1.807) is 0 Å². The highest BCUT2D eigenvalue weighted by Gasteiger charge is 2.43. The predicted molar refractivity (Wildman–Crippen MR) is 75.7 cm³/mol. The highest BCUT2D eigenvalue weighted by Crippen LogP contribution is 2.47. The second kappa shape index (κ2) is 5.31. The fourth-order valence-corrected chi connectivity index (χ4v) is 2.35. The van der Waals surface area contributed by atoms with Crippen LogP contribution in [0.5, 0.6) is 5.88 Å². The number of aromatic nitrogens is 4. The van der Waals surface area contributed by atoms with Gasteiger partial charge in [0.15, 0.2) is 0 Å². The lowest BCUT2D eigenvalue weighted by atomic mass is 10.1. The lowest BCUT2D eigenvalue weighted by Gasteiger charge is -2.17. The average Bonchev–Trinajstić information content (AvgIpc) is 3.14. The van der Waals surface area contributed by atoms with Gasteiger partial charge in [-0.15, -0.1) is 0 Å². The highest BCUT2D eigenvalue weighted by molar-refractivity contribution is 5.29. The smallest absolute Gasteiger partial charge is 0.255 e. The maximum atomic E-state index is 13.3. The predicted octanol–water partition coefficient (Wildman–Crippen LogP) is 2.02. The van der Waals surface area contributed by atoms with Gasteiger partial charge in [-0.2, -0.15) is 9.37 Å². The van der Waals surface area contributed by atoms with Gasteiger partial charge in [0.2, 0.25) is 11.8 Å². The Labute approximate surface area is 122 Å². The summed E-state index contributed by atoms with van der Waals surface area (Å²) in [6.45, 7) is 3.67. The summed E-state index contributed by atoms with van der Waals surface area (Å²) >= 11 is 0. The fourth-order valence-electron chi connectivity index (χ4n) is 2.35. The van der Waals surface area contributed by atoms with Crippen LogP contribution in [0.3, 0.4) is 0 Å². The van der Waals surface area contributed by atoms with Crippen LogP contribution in [-0.2, 0) is 6.54 Å². The minimum atomic E-state index is -0.557. The Morgan fingerprint density at radius 3 is 2.86 bits per heavy atom. The maximum absolute atomic E-state index is 13.3. The van der Waals surface area contributed by atoms with Gasteiger partial charge in [0, 0.05) is 30.9 Å². The molecule has 112 valence electrons. The van der Waals surface area contributed by atoms with E-state index in [0.29, 0.717) is 5.95 Å². The molecule has 7 heteroatoms. The van der Waals surface area contributed by atoms with E-state index < -0.39 is 5.82 Å². The van der Waals surface area contributed by atoms with E-state index in [1.165, 1.54) is 7.11 Å². The molecule has 2 aromatic heterocycles. The molecule has 0 amide bonds. The first kappa shape index (κ1) is 13.8. The third-order valence-electron chi connectivity index (χ3n) is 3.91. The largest absolute Gasteiger partial charge is 0.479 e. The van der Waals surface area contributed by atoms with Crippen LogP contribution in [0.4, 0.5) is 10.3 Å². The zero-order valence-corrected chi connectivity index (χ0v) is 12.1. The number of hydrogen-bond donors (Lipinski definition) is 1. The number of methoxy groups -OCH3 is 1. The molecule has 1 fully saturated rings. The van der Waals surface area contributed by atoms with Gasteiger partial charge in [0.05, 0.1) is 13.3 Å². The summed E-state index contributed by atoms with van der Waals surface area (Å²) in [4.78, 5) is 12.2. The van der Waals surface area contributed by atoms with E-state index in [9.17, 15) is 4.39 Å². The molecule has 21 heavy (non-hydrogen) atoms. The zero-order chi connectivity index (χ0) is 14.9. The van der Waals surface area contributed by atoms with Gasteiger partial charge in [0.25, 0.3) is 5.88 Å². The molecule has 0 atom stereocenters. The van der Waals surface area contributed by atoms with E-state index in [0.717, 1.165) is 38.0 Å². The summed E-state index contributed by atoms with van der Waals surface area (Å²) in [6, 6.07) is 0. The average molecular weight is 291 g/mol. The van der Waals surface area contributed by atoms with Crippen molar-refractivity contribution in [2.45, 2.75) is 26.3 Å². The van der Waals surface area contributed by atoms with Crippen molar-refractivity contribution < 1.29 is 9.13 Å². The van der Waals surface area contributed by atoms with Crippen LogP contribution in [0.15, 0.2) is 18.6 Å². The van der Waals surface area contributed by atoms with Gasteiger partial charge in [-0.05, 0) is 19.8 Å². The topological polar surface area (TPSA) is 64.9 Å². The minimum absolute atomic E-state index is 0.0391.